The molecule has 0 radical (unpaired) electrons. The molecule has 2 fully saturated rings. The molecule has 3 rings (SSSR count). The summed E-state index contributed by atoms with van der Waals surface area (Å²) >= 11 is 0. The first-order valence-electron chi connectivity index (χ1n) is 7.80. The topological polar surface area (TPSA) is 76.6 Å². The summed E-state index contributed by atoms with van der Waals surface area (Å²) in [7, 11) is 0. The fourth-order valence-corrected chi connectivity index (χ4v) is 2.68. The van der Waals surface area contributed by atoms with Crippen molar-refractivity contribution >= 4 is 11.9 Å². The van der Waals surface area contributed by atoms with Gasteiger partial charge in [0.15, 0.2) is 0 Å². The van der Waals surface area contributed by atoms with E-state index in [0.717, 1.165) is 38.2 Å². The number of ether oxygens (including phenoxy) is 2. The summed E-state index contributed by atoms with van der Waals surface area (Å²) in [5.41, 5.74) is 1.20. The van der Waals surface area contributed by atoms with Crippen molar-refractivity contribution in [2.24, 2.45) is 0 Å². The van der Waals surface area contributed by atoms with E-state index < -0.39 is 0 Å². The van der Waals surface area contributed by atoms with Crippen LogP contribution in [0.1, 0.15) is 29.0 Å². The second-order valence-corrected chi connectivity index (χ2v) is 5.64. The molecule has 0 spiro atoms. The molecule has 0 unspecified atom stereocenters. The van der Waals surface area contributed by atoms with Gasteiger partial charge in [-0.05, 0) is 25.8 Å². The highest BCUT2D eigenvalue weighted by molar-refractivity contribution is 5.92. The second-order valence-electron chi connectivity index (χ2n) is 5.64. The van der Waals surface area contributed by atoms with Crippen LogP contribution in [0, 0.1) is 6.92 Å². The van der Waals surface area contributed by atoms with Crippen LogP contribution in [0.4, 0.5) is 5.95 Å². The Kier molecular flexibility index (Phi) is 4.84. The number of anilines is 1. The standard InChI is InChI=1S/C15H22N4O3/c1-11-9-13(14(20)16-10-12-3-2-6-22-12)18-15(17-11)19-4-7-21-8-5-19/h9,12H,2-8,10H2,1H3,(H,16,20)/t12-/m1/s1. The Bertz CT molecular complexity index is 526. The molecule has 22 heavy (non-hydrogen) atoms. The van der Waals surface area contributed by atoms with Gasteiger partial charge in [0.25, 0.3) is 5.91 Å². The van der Waals surface area contributed by atoms with Crippen LogP contribution in [-0.2, 0) is 9.47 Å². The number of hydrogen-bond donors (Lipinski definition) is 1. The number of nitrogens with zero attached hydrogens (tertiary/aromatic N) is 3. The van der Waals surface area contributed by atoms with Crippen LogP contribution in [0.2, 0.25) is 0 Å². The van der Waals surface area contributed by atoms with E-state index in [0.29, 0.717) is 31.4 Å². The minimum atomic E-state index is -0.171. The Morgan fingerprint density at radius 3 is 2.91 bits per heavy atom. The molecule has 7 nitrogen and oxygen atoms in total. The first kappa shape index (κ1) is 15.2. The fraction of sp³-hybridized carbons (Fsp3) is 0.667. The fourth-order valence-electron chi connectivity index (χ4n) is 2.68. The Labute approximate surface area is 130 Å². The van der Waals surface area contributed by atoms with Gasteiger partial charge in [-0.25, -0.2) is 9.97 Å². The summed E-state index contributed by atoms with van der Waals surface area (Å²) in [6.07, 6.45) is 2.20. The SMILES string of the molecule is Cc1cc(C(=O)NC[C@H]2CCCO2)nc(N2CCOCC2)n1. The summed E-state index contributed by atoms with van der Waals surface area (Å²) in [4.78, 5) is 23.2. The van der Waals surface area contributed by atoms with Gasteiger partial charge in [0.1, 0.15) is 5.69 Å². The van der Waals surface area contributed by atoms with E-state index >= 15 is 0 Å². The number of aromatic nitrogens is 2. The van der Waals surface area contributed by atoms with Gasteiger partial charge in [-0.1, -0.05) is 0 Å². The Balaban J connectivity index is 1.66. The predicted octanol–water partition coefficient (Wildman–Crippen LogP) is 0.530. The largest absolute Gasteiger partial charge is 0.378 e. The number of morpholine rings is 1. The van der Waals surface area contributed by atoms with Crippen molar-refractivity contribution in [2.45, 2.75) is 25.9 Å². The molecule has 0 aromatic carbocycles. The van der Waals surface area contributed by atoms with Crippen LogP contribution in [0.25, 0.3) is 0 Å². The van der Waals surface area contributed by atoms with Gasteiger partial charge in [-0.3, -0.25) is 4.79 Å². The van der Waals surface area contributed by atoms with E-state index in [9.17, 15) is 4.79 Å². The molecule has 7 heteroatoms. The third-order valence-electron chi connectivity index (χ3n) is 3.88. The maximum atomic E-state index is 12.3. The van der Waals surface area contributed by atoms with Crippen molar-refractivity contribution in [3.63, 3.8) is 0 Å². The average molecular weight is 306 g/mol. The number of rotatable bonds is 4. The van der Waals surface area contributed by atoms with Crippen molar-refractivity contribution < 1.29 is 14.3 Å². The van der Waals surface area contributed by atoms with Crippen molar-refractivity contribution in [3.8, 4) is 0 Å². The van der Waals surface area contributed by atoms with Gasteiger partial charge in [-0.15, -0.1) is 0 Å². The lowest BCUT2D eigenvalue weighted by molar-refractivity contribution is 0.0853. The zero-order valence-electron chi connectivity index (χ0n) is 12.9. The zero-order chi connectivity index (χ0) is 15.4. The van der Waals surface area contributed by atoms with E-state index in [-0.39, 0.29) is 12.0 Å². The molecular weight excluding hydrogens is 284 g/mol. The molecule has 120 valence electrons. The molecule has 1 amide bonds. The van der Waals surface area contributed by atoms with Crippen LogP contribution < -0.4 is 10.2 Å². The van der Waals surface area contributed by atoms with Gasteiger partial charge in [-0.2, -0.15) is 0 Å². The quantitative estimate of drug-likeness (QED) is 0.874. The Hall–Kier alpha value is -1.73. The molecule has 0 aliphatic carbocycles. The Morgan fingerprint density at radius 2 is 2.18 bits per heavy atom. The van der Waals surface area contributed by atoms with E-state index in [1.165, 1.54) is 0 Å². The van der Waals surface area contributed by atoms with Crippen molar-refractivity contribution in [1.82, 2.24) is 15.3 Å². The van der Waals surface area contributed by atoms with Crippen molar-refractivity contribution in [1.29, 1.82) is 0 Å². The normalized spacial score (nSPS) is 21.9. The minimum Gasteiger partial charge on any atom is -0.378 e. The summed E-state index contributed by atoms with van der Waals surface area (Å²) in [6.45, 7) is 6.03. The smallest absolute Gasteiger partial charge is 0.270 e. The van der Waals surface area contributed by atoms with Crippen LogP contribution in [0.3, 0.4) is 0 Å². The van der Waals surface area contributed by atoms with Gasteiger partial charge in [0.05, 0.1) is 19.3 Å². The van der Waals surface area contributed by atoms with Crippen molar-refractivity contribution in [2.75, 3.05) is 44.4 Å². The average Bonchev–Trinajstić information content (AvgIpc) is 3.06. The van der Waals surface area contributed by atoms with Crippen LogP contribution in [0.5, 0.6) is 0 Å². The van der Waals surface area contributed by atoms with Gasteiger partial charge >= 0.3 is 0 Å². The lowest BCUT2D eigenvalue weighted by Crippen LogP contribution is -2.38. The number of carbonyl (C=O) groups excluding carboxylic acids is 1. The summed E-state index contributed by atoms with van der Waals surface area (Å²) < 4.78 is 10.8. The molecule has 1 aromatic heterocycles. The molecule has 1 atom stereocenters. The third-order valence-corrected chi connectivity index (χ3v) is 3.88. The summed E-state index contributed by atoms with van der Waals surface area (Å²) in [5, 5.41) is 2.90. The second kappa shape index (κ2) is 7.02. The Morgan fingerprint density at radius 1 is 1.36 bits per heavy atom. The maximum absolute atomic E-state index is 12.3. The molecule has 1 N–H and O–H groups in total. The minimum absolute atomic E-state index is 0.130. The van der Waals surface area contributed by atoms with E-state index in [1.54, 1.807) is 6.07 Å². The number of carbonyl (C=O) groups is 1. The third kappa shape index (κ3) is 3.72. The van der Waals surface area contributed by atoms with Crippen LogP contribution in [0.15, 0.2) is 6.07 Å². The van der Waals surface area contributed by atoms with E-state index in [1.807, 2.05) is 11.8 Å². The monoisotopic (exact) mass is 306 g/mol. The van der Waals surface area contributed by atoms with Crippen LogP contribution in [-0.4, -0.2) is 61.4 Å². The molecule has 2 saturated heterocycles. The van der Waals surface area contributed by atoms with Gasteiger partial charge < -0.3 is 19.7 Å². The zero-order valence-corrected chi connectivity index (χ0v) is 12.9. The van der Waals surface area contributed by atoms with Gasteiger partial charge in [0.2, 0.25) is 5.95 Å². The number of hydrogen-bond acceptors (Lipinski definition) is 6. The number of nitrogens with one attached hydrogen (secondary N) is 1. The molecular formula is C15H22N4O3. The van der Waals surface area contributed by atoms with Crippen LogP contribution >= 0.6 is 0 Å². The molecule has 1 aromatic rings. The summed E-state index contributed by atoms with van der Waals surface area (Å²) in [5.74, 6) is 0.432. The predicted molar refractivity (Wildman–Crippen MR) is 81.1 cm³/mol. The first-order chi connectivity index (χ1) is 10.7. The highest BCUT2D eigenvalue weighted by atomic mass is 16.5. The van der Waals surface area contributed by atoms with E-state index in [4.69, 9.17) is 9.47 Å². The van der Waals surface area contributed by atoms with Crippen molar-refractivity contribution in [3.05, 3.63) is 17.5 Å². The first-order valence-corrected chi connectivity index (χ1v) is 7.80. The molecule has 2 aliphatic rings. The van der Waals surface area contributed by atoms with Gasteiger partial charge in [0, 0.05) is 31.9 Å². The summed E-state index contributed by atoms with van der Waals surface area (Å²) in [6, 6.07) is 1.72. The molecule has 0 bridgehead atoms. The molecule has 2 aliphatic heterocycles. The highest BCUT2D eigenvalue weighted by Gasteiger charge is 2.19. The number of amides is 1. The van der Waals surface area contributed by atoms with E-state index in [2.05, 4.69) is 15.3 Å². The molecule has 0 saturated carbocycles. The number of aryl methyl sites for hydroxylation is 1. The lowest BCUT2D eigenvalue weighted by atomic mass is 10.2. The lowest BCUT2D eigenvalue weighted by Gasteiger charge is -2.27. The highest BCUT2D eigenvalue weighted by Crippen LogP contribution is 2.13. The maximum Gasteiger partial charge on any atom is 0.270 e. The molecule has 3 heterocycles.